The lowest BCUT2D eigenvalue weighted by atomic mass is 10.2. The van der Waals surface area contributed by atoms with Crippen molar-refractivity contribution < 1.29 is 26.9 Å². The standard InChI is InChI=1S/C18H28O6S/c1-15-8-10-16(11-9-15)25(20,21)23-14-13-22-12-6-5-7-17(19)24-18(2,3)4/h8-11H,5-7,12-14H2,1-4H3. The minimum absolute atomic E-state index is 0.0394. The molecule has 0 saturated carbocycles. The molecule has 0 fully saturated rings. The average molecular weight is 372 g/mol. The van der Waals surface area contributed by atoms with E-state index < -0.39 is 15.7 Å². The maximum atomic E-state index is 11.9. The molecule has 0 aromatic heterocycles. The number of hydrogen-bond donors (Lipinski definition) is 0. The van der Waals surface area contributed by atoms with Crippen LogP contribution in [0.3, 0.4) is 0 Å². The Balaban J connectivity index is 2.12. The molecule has 1 rings (SSSR count). The molecule has 25 heavy (non-hydrogen) atoms. The lowest BCUT2D eigenvalue weighted by Crippen LogP contribution is -2.23. The number of ether oxygens (including phenoxy) is 2. The van der Waals surface area contributed by atoms with E-state index in [0.29, 0.717) is 25.9 Å². The summed E-state index contributed by atoms with van der Waals surface area (Å²) in [5.41, 5.74) is 0.516. The molecule has 0 aliphatic carbocycles. The highest BCUT2D eigenvalue weighted by Gasteiger charge is 2.16. The van der Waals surface area contributed by atoms with Gasteiger partial charge in [0.25, 0.3) is 10.1 Å². The molecule has 0 aliphatic rings. The summed E-state index contributed by atoms with van der Waals surface area (Å²) >= 11 is 0. The molecule has 7 heteroatoms. The average Bonchev–Trinajstić information content (AvgIpc) is 2.48. The Morgan fingerprint density at radius 1 is 1.00 bits per heavy atom. The molecule has 0 heterocycles. The molecule has 0 radical (unpaired) electrons. The van der Waals surface area contributed by atoms with E-state index in [-0.39, 0.29) is 24.1 Å². The normalized spacial score (nSPS) is 12.2. The van der Waals surface area contributed by atoms with Gasteiger partial charge in [0.1, 0.15) is 5.60 Å². The summed E-state index contributed by atoms with van der Waals surface area (Å²) in [6, 6.07) is 6.47. The van der Waals surface area contributed by atoms with Crippen LogP contribution in [0.5, 0.6) is 0 Å². The fraction of sp³-hybridized carbons (Fsp3) is 0.611. The van der Waals surface area contributed by atoms with Crippen molar-refractivity contribution in [2.75, 3.05) is 19.8 Å². The highest BCUT2D eigenvalue weighted by molar-refractivity contribution is 7.86. The summed E-state index contributed by atoms with van der Waals surface area (Å²) in [4.78, 5) is 11.6. The number of esters is 1. The van der Waals surface area contributed by atoms with Crippen molar-refractivity contribution in [3.8, 4) is 0 Å². The quantitative estimate of drug-likeness (QED) is 0.356. The first kappa shape index (κ1) is 21.6. The van der Waals surface area contributed by atoms with E-state index in [1.807, 2.05) is 27.7 Å². The fourth-order valence-electron chi connectivity index (χ4n) is 1.94. The SMILES string of the molecule is Cc1ccc(S(=O)(=O)OCCOCCCCC(=O)OC(C)(C)C)cc1. The van der Waals surface area contributed by atoms with Gasteiger partial charge in [-0.05, 0) is 52.7 Å². The summed E-state index contributed by atoms with van der Waals surface area (Å²) < 4.78 is 39.3. The molecule has 0 N–H and O–H groups in total. The Morgan fingerprint density at radius 2 is 1.64 bits per heavy atom. The van der Waals surface area contributed by atoms with Gasteiger partial charge in [0, 0.05) is 13.0 Å². The Labute approximate surface area is 150 Å². The van der Waals surface area contributed by atoms with Crippen LogP contribution in [0.15, 0.2) is 29.2 Å². The van der Waals surface area contributed by atoms with E-state index >= 15 is 0 Å². The maximum Gasteiger partial charge on any atom is 0.306 e. The molecule has 1 aromatic carbocycles. The molecule has 0 saturated heterocycles. The largest absolute Gasteiger partial charge is 0.460 e. The maximum absolute atomic E-state index is 11.9. The highest BCUT2D eigenvalue weighted by Crippen LogP contribution is 2.13. The van der Waals surface area contributed by atoms with E-state index in [1.54, 1.807) is 12.1 Å². The highest BCUT2D eigenvalue weighted by atomic mass is 32.2. The first-order chi connectivity index (χ1) is 11.6. The third-order valence-electron chi connectivity index (χ3n) is 3.12. The van der Waals surface area contributed by atoms with Crippen LogP contribution in [0.2, 0.25) is 0 Å². The van der Waals surface area contributed by atoms with E-state index in [9.17, 15) is 13.2 Å². The third-order valence-corrected chi connectivity index (χ3v) is 4.44. The summed E-state index contributed by atoms with van der Waals surface area (Å²) in [6.07, 6.45) is 1.71. The van der Waals surface area contributed by atoms with Crippen LogP contribution < -0.4 is 0 Å². The van der Waals surface area contributed by atoms with Gasteiger partial charge in [0.2, 0.25) is 0 Å². The van der Waals surface area contributed by atoms with E-state index in [0.717, 1.165) is 5.56 Å². The lowest BCUT2D eigenvalue weighted by Gasteiger charge is -2.19. The van der Waals surface area contributed by atoms with Crippen LogP contribution in [0.4, 0.5) is 0 Å². The van der Waals surface area contributed by atoms with Gasteiger partial charge in [0.05, 0.1) is 18.1 Å². The van der Waals surface area contributed by atoms with Gasteiger partial charge in [0.15, 0.2) is 0 Å². The van der Waals surface area contributed by atoms with Crippen molar-refractivity contribution in [3.05, 3.63) is 29.8 Å². The molecule has 0 spiro atoms. The van der Waals surface area contributed by atoms with Crippen LogP contribution in [0, 0.1) is 6.92 Å². The van der Waals surface area contributed by atoms with Crippen LogP contribution in [-0.4, -0.2) is 39.8 Å². The minimum atomic E-state index is -3.74. The molecule has 0 amide bonds. The second kappa shape index (κ2) is 9.89. The minimum Gasteiger partial charge on any atom is -0.460 e. The summed E-state index contributed by atoms with van der Waals surface area (Å²) in [5.74, 6) is -0.222. The fourth-order valence-corrected chi connectivity index (χ4v) is 2.84. The first-order valence-corrected chi connectivity index (χ1v) is 9.77. The molecule has 0 atom stereocenters. The number of carbonyl (C=O) groups excluding carboxylic acids is 1. The second-order valence-corrected chi connectivity index (χ2v) is 8.36. The van der Waals surface area contributed by atoms with Crippen molar-refractivity contribution in [3.63, 3.8) is 0 Å². The van der Waals surface area contributed by atoms with Gasteiger partial charge in [-0.1, -0.05) is 17.7 Å². The zero-order valence-corrected chi connectivity index (χ0v) is 16.2. The zero-order valence-electron chi connectivity index (χ0n) is 15.4. The number of rotatable bonds is 10. The van der Waals surface area contributed by atoms with Gasteiger partial charge in [-0.3, -0.25) is 8.98 Å². The summed E-state index contributed by atoms with van der Waals surface area (Å²) in [6.45, 7) is 7.96. The van der Waals surface area contributed by atoms with Crippen LogP contribution >= 0.6 is 0 Å². The van der Waals surface area contributed by atoms with Crippen molar-refractivity contribution in [2.45, 2.75) is 57.5 Å². The number of carbonyl (C=O) groups is 1. The Kier molecular flexibility index (Phi) is 8.55. The Bertz CT molecular complexity index is 629. The van der Waals surface area contributed by atoms with Crippen molar-refractivity contribution in [2.24, 2.45) is 0 Å². The van der Waals surface area contributed by atoms with Crippen molar-refractivity contribution in [1.29, 1.82) is 0 Å². The number of aryl methyl sites for hydroxylation is 1. The molecule has 1 aromatic rings. The third kappa shape index (κ3) is 9.57. The van der Waals surface area contributed by atoms with Crippen LogP contribution in [-0.2, 0) is 28.6 Å². The molecule has 142 valence electrons. The summed E-state index contributed by atoms with van der Waals surface area (Å²) in [7, 11) is -3.74. The van der Waals surface area contributed by atoms with E-state index in [1.165, 1.54) is 12.1 Å². The van der Waals surface area contributed by atoms with Gasteiger partial charge in [-0.2, -0.15) is 8.42 Å². The molecular weight excluding hydrogens is 344 g/mol. The summed E-state index contributed by atoms with van der Waals surface area (Å²) in [5, 5.41) is 0. The number of unbranched alkanes of at least 4 members (excludes halogenated alkanes) is 1. The van der Waals surface area contributed by atoms with Crippen molar-refractivity contribution in [1.82, 2.24) is 0 Å². The van der Waals surface area contributed by atoms with Gasteiger partial charge in [-0.15, -0.1) is 0 Å². The van der Waals surface area contributed by atoms with Crippen molar-refractivity contribution >= 4 is 16.1 Å². The predicted octanol–water partition coefficient (Wildman–Crippen LogP) is 3.23. The number of hydrogen-bond acceptors (Lipinski definition) is 6. The van der Waals surface area contributed by atoms with Crippen LogP contribution in [0.25, 0.3) is 0 Å². The topological polar surface area (TPSA) is 78.9 Å². The van der Waals surface area contributed by atoms with Gasteiger partial charge < -0.3 is 9.47 Å². The van der Waals surface area contributed by atoms with Gasteiger partial charge >= 0.3 is 5.97 Å². The predicted molar refractivity (Wildman–Crippen MR) is 94.8 cm³/mol. The molecule has 0 unspecified atom stereocenters. The first-order valence-electron chi connectivity index (χ1n) is 8.36. The second-order valence-electron chi connectivity index (χ2n) is 6.75. The number of benzene rings is 1. The molecule has 0 bridgehead atoms. The smallest absolute Gasteiger partial charge is 0.306 e. The monoisotopic (exact) mass is 372 g/mol. The van der Waals surface area contributed by atoms with Gasteiger partial charge in [-0.25, -0.2) is 0 Å². The van der Waals surface area contributed by atoms with E-state index in [4.69, 9.17) is 13.7 Å². The molecule has 0 aliphatic heterocycles. The van der Waals surface area contributed by atoms with E-state index in [2.05, 4.69) is 0 Å². The van der Waals surface area contributed by atoms with Crippen LogP contribution in [0.1, 0.15) is 45.6 Å². The molecule has 6 nitrogen and oxygen atoms in total. The zero-order chi connectivity index (χ0) is 18.9. The Morgan fingerprint density at radius 3 is 2.24 bits per heavy atom. The molecular formula is C18H28O6S. The lowest BCUT2D eigenvalue weighted by molar-refractivity contribution is -0.154. The Hall–Kier alpha value is -1.44.